The Balaban J connectivity index is 1.50. The number of hydrogen-bond donors (Lipinski definition) is 1. The van der Waals surface area contributed by atoms with Crippen molar-refractivity contribution < 1.29 is 0 Å². The number of halogens is 1. The molecule has 1 saturated heterocycles. The molecule has 3 aromatic rings. The van der Waals surface area contributed by atoms with E-state index in [1.54, 1.807) is 6.20 Å². The quantitative estimate of drug-likeness (QED) is 0.653. The number of rotatable bonds is 6. The summed E-state index contributed by atoms with van der Waals surface area (Å²) in [5.41, 5.74) is 3.43. The zero-order valence-electron chi connectivity index (χ0n) is 16.4. The van der Waals surface area contributed by atoms with Crippen LogP contribution in [0.25, 0.3) is 5.69 Å². The molecule has 1 aliphatic heterocycles. The molecule has 0 atom stereocenters. The number of likely N-dealkylation sites (tertiary alicyclic amines) is 1. The lowest BCUT2D eigenvalue weighted by atomic mass is 10.0. The molecule has 0 saturated carbocycles. The maximum atomic E-state index is 12.7. The van der Waals surface area contributed by atoms with E-state index < -0.39 is 0 Å². The third-order valence-corrected chi connectivity index (χ3v) is 5.72. The summed E-state index contributed by atoms with van der Waals surface area (Å²) in [6.45, 7) is 3.88. The highest BCUT2D eigenvalue weighted by molar-refractivity contribution is 6.32. The first kappa shape index (κ1) is 19.7. The fraction of sp³-hybridized carbons (Fsp3) is 0.304. The third kappa shape index (κ3) is 4.69. The van der Waals surface area contributed by atoms with Gasteiger partial charge in [0.1, 0.15) is 5.02 Å². The van der Waals surface area contributed by atoms with Gasteiger partial charge in [-0.3, -0.25) is 9.69 Å². The van der Waals surface area contributed by atoms with Crippen molar-refractivity contribution in [3.63, 3.8) is 0 Å². The van der Waals surface area contributed by atoms with Crippen molar-refractivity contribution in [2.45, 2.75) is 32.4 Å². The lowest BCUT2D eigenvalue weighted by Gasteiger charge is -2.27. The Morgan fingerprint density at radius 3 is 2.38 bits per heavy atom. The van der Waals surface area contributed by atoms with Gasteiger partial charge in [0.15, 0.2) is 0 Å². The predicted molar refractivity (Wildman–Crippen MR) is 118 cm³/mol. The molecule has 1 aliphatic rings. The predicted octanol–water partition coefficient (Wildman–Crippen LogP) is 4.48. The van der Waals surface area contributed by atoms with E-state index >= 15 is 0 Å². The fourth-order valence-corrected chi connectivity index (χ4v) is 3.94. The zero-order valence-corrected chi connectivity index (χ0v) is 17.1. The first-order valence-electron chi connectivity index (χ1n) is 10.1. The summed E-state index contributed by atoms with van der Waals surface area (Å²) in [5, 5.41) is 7.74. The van der Waals surface area contributed by atoms with Gasteiger partial charge in [-0.25, -0.2) is 0 Å². The van der Waals surface area contributed by atoms with Crippen LogP contribution < -0.4 is 10.9 Å². The fourth-order valence-electron chi connectivity index (χ4n) is 3.74. The van der Waals surface area contributed by atoms with Crippen molar-refractivity contribution in [1.29, 1.82) is 0 Å². The van der Waals surface area contributed by atoms with E-state index in [-0.39, 0.29) is 10.6 Å². The second-order valence-electron chi connectivity index (χ2n) is 7.38. The van der Waals surface area contributed by atoms with Crippen LogP contribution >= 0.6 is 11.6 Å². The summed E-state index contributed by atoms with van der Waals surface area (Å²) in [5.74, 6) is 0. The maximum absolute atomic E-state index is 12.7. The SMILES string of the molecule is O=c1c(Cl)c(NCc2ccccc2CN2CCCCC2)cnn1-c1ccccc1. The van der Waals surface area contributed by atoms with E-state index in [2.05, 4.69) is 33.5 Å². The van der Waals surface area contributed by atoms with Crippen LogP contribution in [0.3, 0.4) is 0 Å². The molecule has 0 aliphatic carbocycles. The van der Waals surface area contributed by atoms with Crippen LogP contribution in [0, 0.1) is 0 Å². The molecule has 0 bridgehead atoms. The number of benzene rings is 2. The summed E-state index contributed by atoms with van der Waals surface area (Å²) in [7, 11) is 0. The second-order valence-corrected chi connectivity index (χ2v) is 7.76. The second kappa shape index (κ2) is 9.25. The van der Waals surface area contributed by atoms with E-state index in [0.29, 0.717) is 17.9 Å². The van der Waals surface area contributed by atoms with Crippen molar-refractivity contribution in [3.8, 4) is 5.69 Å². The van der Waals surface area contributed by atoms with E-state index in [1.807, 2.05) is 36.4 Å². The maximum Gasteiger partial charge on any atom is 0.292 e. The Bertz CT molecular complexity index is 1010. The molecule has 1 aromatic heterocycles. The zero-order chi connectivity index (χ0) is 20.1. The largest absolute Gasteiger partial charge is 0.378 e. The molecule has 0 amide bonds. The Hall–Kier alpha value is -2.63. The van der Waals surface area contributed by atoms with Crippen LogP contribution in [0.1, 0.15) is 30.4 Å². The Morgan fingerprint density at radius 2 is 1.62 bits per heavy atom. The highest BCUT2D eigenvalue weighted by Crippen LogP contribution is 2.20. The highest BCUT2D eigenvalue weighted by Gasteiger charge is 2.14. The lowest BCUT2D eigenvalue weighted by Crippen LogP contribution is -2.29. The number of aromatic nitrogens is 2. The van der Waals surface area contributed by atoms with E-state index in [4.69, 9.17) is 11.6 Å². The summed E-state index contributed by atoms with van der Waals surface area (Å²) in [4.78, 5) is 15.2. The molecule has 0 radical (unpaired) electrons. The minimum Gasteiger partial charge on any atom is -0.378 e. The van der Waals surface area contributed by atoms with Crippen molar-refractivity contribution in [1.82, 2.24) is 14.7 Å². The first-order chi connectivity index (χ1) is 14.2. The molecular weight excluding hydrogens is 384 g/mol. The Kier molecular flexibility index (Phi) is 6.27. The summed E-state index contributed by atoms with van der Waals surface area (Å²) in [6, 6.07) is 17.7. The van der Waals surface area contributed by atoms with Gasteiger partial charge in [-0.05, 0) is 49.2 Å². The summed E-state index contributed by atoms with van der Waals surface area (Å²) >= 11 is 6.37. The average molecular weight is 409 g/mol. The molecular formula is C23H25ClN4O. The van der Waals surface area contributed by atoms with Gasteiger partial charge >= 0.3 is 0 Å². The minimum absolute atomic E-state index is 0.150. The summed E-state index contributed by atoms with van der Waals surface area (Å²) < 4.78 is 1.32. The molecule has 2 aromatic carbocycles. The topological polar surface area (TPSA) is 50.2 Å². The molecule has 2 heterocycles. The average Bonchev–Trinajstić information content (AvgIpc) is 2.77. The van der Waals surface area contributed by atoms with Gasteiger partial charge in [-0.1, -0.05) is 60.5 Å². The number of nitrogens with one attached hydrogen (secondary N) is 1. The number of hydrogen-bond acceptors (Lipinski definition) is 4. The molecule has 29 heavy (non-hydrogen) atoms. The van der Waals surface area contributed by atoms with E-state index in [9.17, 15) is 4.79 Å². The molecule has 1 N–H and O–H groups in total. The minimum atomic E-state index is -0.329. The molecule has 150 valence electrons. The first-order valence-corrected chi connectivity index (χ1v) is 10.5. The van der Waals surface area contributed by atoms with Gasteiger partial charge in [0.2, 0.25) is 0 Å². The van der Waals surface area contributed by atoms with Crippen LogP contribution in [-0.4, -0.2) is 27.8 Å². The van der Waals surface area contributed by atoms with Crippen molar-refractivity contribution in [3.05, 3.63) is 87.3 Å². The molecule has 5 nitrogen and oxygen atoms in total. The monoisotopic (exact) mass is 408 g/mol. The third-order valence-electron chi connectivity index (χ3n) is 5.35. The number of nitrogens with zero attached hydrogens (tertiary/aromatic N) is 3. The van der Waals surface area contributed by atoms with Crippen molar-refractivity contribution in [2.75, 3.05) is 18.4 Å². The number of piperidine rings is 1. The van der Waals surface area contributed by atoms with Gasteiger partial charge in [-0.2, -0.15) is 9.78 Å². The summed E-state index contributed by atoms with van der Waals surface area (Å²) in [6.07, 6.45) is 5.50. The Morgan fingerprint density at radius 1 is 0.931 bits per heavy atom. The normalized spacial score (nSPS) is 14.7. The van der Waals surface area contributed by atoms with Gasteiger partial charge in [0, 0.05) is 13.1 Å². The van der Waals surface area contributed by atoms with Crippen LogP contribution in [0.2, 0.25) is 5.02 Å². The van der Waals surface area contributed by atoms with Crippen LogP contribution in [0.4, 0.5) is 5.69 Å². The lowest BCUT2D eigenvalue weighted by molar-refractivity contribution is 0.220. The number of para-hydroxylation sites is 1. The van der Waals surface area contributed by atoms with Crippen molar-refractivity contribution >= 4 is 17.3 Å². The molecule has 6 heteroatoms. The van der Waals surface area contributed by atoms with Crippen LogP contribution in [-0.2, 0) is 13.1 Å². The van der Waals surface area contributed by atoms with E-state index in [0.717, 1.165) is 19.6 Å². The Labute approximate surface area is 175 Å². The van der Waals surface area contributed by atoms with Gasteiger partial charge in [0.25, 0.3) is 5.56 Å². The van der Waals surface area contributed by atoms with Crippen LogP contribution in [0.5, 0.6) is 0 Å². The molecule has 1 fully saturated rings. The molecule has 4 rings (SSSR count). The van der Waals surface area contributed by atoms with E-state index in [1.165, 1.54) is 35.1 Å². The molecule has 0 unspecified atom stereocenters. The van der Waals surface area contributed by atoms with Gasteiger partial charge < -0.3 is 5.32 Å². The number of anilines is 1. The van der Waals surface area contributed by atoms with Crippen LogP contribution in [0.15, 0.2) is 65.6 Å². The van der Waals surface area contributed by atoms with Gasteiger partial charge in [0.05, 0.1) is 17.6 Å². The highest BCUT2D eigenvalue weighted by atomic mass is 35.5. The smallest absolute Gasteiger partial charge is 0.292 e. The standard InChI is InChI=1S/C23H25ClN4O/c24-22-21(16-26-28(23(22)29)20-11-3-1-4-12-20)25-15-18-9-5-6-10-19(18)17-27-13-7-2-8-14-27/h1,3-6,9-12,16,25H,2,7-8,13-15,17H2. The van der Waals surface area contributed by atoms with Gasteiger partial charge in [-0.15, -0.1) is 0 Å². The van der Waals surface area contributed by atoms with Crippen molar-refractivity contribution in [2.24, 2.45) is 0 Å². The molecule has 0 spiro atoms.